The van der Waals surface area contributed by atoms with Gasteiger partial charge in [0.25, 0.3) is 0 Å². The lowest BCUT2D eigenvalue weighted by Crippen LogP contribution is -2.42. The summed E-state index contributed by atoms with van der Waals surface area (Å²) in [5, 5.41) is 12.0. The van der Waals surface area contributed by atoms with Crippen LogP contribution in [0.15, 0.2) is 17.1 Å². The molecule has 0 bridgehead atoms. The highest BCUT2D eigenvalue weighted by molar-refractivity contribution is 7.47. The van der Waals surface area contributed by atoms with Gasteiger partial charge in [0.15, 0.2) is 6.10 Å². The standard InChI is InChI=1S/C14H20F2N3O8P/c1-3-6-25-28(23,24)26-7-9-11(21)14(15,16)12(27-9)19-5-4-10(17-8(2)20)18-13(19)22/h4-5,9,11-12,21H,3,6-7H2,1-2H3,(H,23,24)(H,17,18,20,22). The minimum absolute atomic E-state index is 0.0949. The number of alkyl halides is 2. The number of aromatic nitrogens is 2. The molecule has 28 heavy (non-hydrogen) atoms. The summed E-state index contributed by atoms with van der Waals surface area (Å²) in [5.41, 5.74) is -1.16. The molecule has 1 aromatic rings. The number of phosphoric ester groups is 1. The number of nitrogens with zero attached hydrogens (tertiary/aromatic N) is 2. The van der Waals surface area contributed by atoms with Crippen molar-refractivity contribution in [2.24, 2.45) is 0 Å². The third-order valence-corrected chi connectivity index (χ3v) is 4.61. The molecular weight excluding hydrogens is 407 g/mol. The van der Waals surface area contributed by atoms with Crippen LogP contribution in [0.2, 0.25) is 0 Å². The van der Waals surface area contributed by atoms with Crippen LogP contribution in [0, 0.1) is 0 Å². The van der Waals surface area contributed by atoms with Crippen LogP contribution in [0.1, 0.15) is 26.5 Å². The van der Waals surface area contributed by atoms with Crippen molar-refractivity contribution in [3.63, 3.8) is 0 Å². The Morgan fingerprint density at radius 3 is 2.75 bits per heavy atom. The largest absolute Gasteiger partial charge is 0.472 e. The van der Waals surface area contributed by atoms with Crippen molar-refractivity contribution >= 4 is 19.5 Å². The molecule has 4 atom stereocenters. The number of ether oxygens (including phenoxy) is 1. The number of halogens is 2. The number of hydrogen-bond acceptors (Lipinski definition) is 8. The van der Waals surface area contributed by atoms with E-state index in [1.165, 1.54) is 6.92 Å². The van der Waals surface area contributed by atoms with Gasteiger partial charge in [-0.1, -0.05) is 6.92 Å². The third-order valence-electron chi connectivity index (χ3n) is 3.63. The monoisotopic (exact) mass is 427 g/mol. The maximum atomic E-state index is 14.4. The van der Waals surface area contributed by atoms with Crippen molar-refractivity contribution in [3.8, 4) is 0 Å². The number of aliphatic hydroxyl groups excluding tert-OH is 1. The SMILES string of the molecule is CCCOP(=O)(O)OCC1OC(n2ccc(NC(C)=O)nc2=O)C(F)(F)C1O. The van der Waals surface area contributed by atoms with Crippen LogP contribution < -0.4 is 11.0 Å². The molecule has 1 saturated heterocycles. The molecule has 2 rings (SSSR count). The molecule has 1 fully saturated rings. The number of aliphatic hydroxyl groups is 1. The second kappa shape index (κ2) is 8.72. The first kappa shape index (κ1) is 22.5. The van der Waals surface area contributed by atoms with Crippen LogP contribution in [0.3, 0.4) is 0 Å². The molecule has 2 heterocycles. The molecule has 14 heteroatoms. The number of phosphoric acid groups is 1. The van der Waals surface area contributed by atoms with Gasteiger partial charge in [0.05, 0.1) is 13.2 Å². The predicted octanol–water partition coefficient (Wildman–Crippen LogP) is 0.639. The highest BCUT2D eigenvalue weighted by Gasteiger charge is 2.60. The number of nitrogens with one attached hydrogen (secondary N) is 1. The van der Waals surface area contributed by atoms with Gasteiger partial charge in [0, 0.05) is 13.1 Å². The minimum atomic E-state index is -4.51. The Bertz CT molecular complexity index is 820. The van der Waals surface area contributed by atoms with Crippen LogP contribution in [0.4, 0.5) is 14.6 Å². The van der Waals surface area contributed by atoms with Crippen molar-refractivity contribution in [1.29, 1.82) is 0 Å². The first-order valence-corrected chi connectivity index (χ1v) is 9.67. The Morgan fingerprint density at radius 1 is 1.50 bits per heavy atom. The minimum Gasteiger partial charge on any atom is -0.384 e. The van der Waals surface area contributed by atoms with Gasteiger partial charge in [0.1, 0.15) is 11.9 Å². The topological polar surface area (TPSA) is 149 Å². The Labute approximate surface area is 157 Å². The Hall–Kier alpha value is -1.76. The van der Waals surface area contributed by atoms with Crippen LogP contribution in [0.25, 0.3) is 0 Å². The van der Waals surface area contributed by atoms with E-state index in [0.717, 1.165) is 12.3 Å². The molecule has 1 amide bonds. The maximum Gasteiger partial charge on any atom is 0.472 e. The average Bonchev–Trinajstić information content (AvgIpc) is 2.81. The maximum absolute atomic E-state index is 14.4. The zero-order chi connectivity index (χ0) is 21.1. The smallest absolute Gasteiger partial charge is 0.384 e. The number of carbonyl (C=O) groups excluding carboxylic acids is 1. The van der Waals surface area contributed by atoms with Crippen LogP contribution in [0.5, 0.6) is 0 Å². The molecule has 1 aromatic heterocycles. The highest BCUT2D eigenvalue weighted by Crippen LogP contribution is 2.47. The van der Waals surface area contributed by atoms with Crippen LogP contribution >= 0.6 is 7.82 Å². The van der Waals surface area contributed by atoms with E-state index in [-0.39, 0.29) is 12.4 Å². The molecule has 11 nitrogen and oxygen atoms in total. The Morgan fingerprint density at radius 2 is 2.18 bits per heavy atom. The quantitative estimate of drug-likeness (QED) is 0.508. The van der Waals surface area contributed by atoms with Gasteiger partial charge in [0.2, 0.25) is 12.1 Å². The van der Waals surface area contributed by atoms with Crippen molar-refractivity contribution < 1.29 is 41.9 Å². The van der Waals surface area contributed by atoms with E-state index in [4.69, 9.17) is 4.74 Å². The van der Waals surface area contributed by atoms with Crippen LogP contribution in [-0.4, -0.2) is 56.8 Å². The van der Waals surface area contributed by atoms with E-state index in [9.17, 15) is 32.9 Å². The summed E-state index contributed by atoms with van der Waals surface area (Å²) in [6.45, 7) is 1.88. The summed E-state index contributed by atoms with van der Waals surface area (Å²) >= 11 is 0. The van der Waals surface area contributed by atoms with Gasteiger partial charge in [-0.3, -0.25) is 18.4 Å². The average molecular weight is 427 g/mol. The normalized spacial score (nSPS) is 26.0. The molecule has 3 N–H and O–H groups in total. The van der Waals surface area contributed by atoms with E-state index in [1.807, 2.05) is 0 Å². The molecule has 4 unspecified atom stereocenters. The van der Waals surface area contributed by atoms with E-state index < -0.39 is 50.4 Å². The van der Waals surface area contributed by atoms with Gasteiger partial charge in [-0.25, -0.2) is 9.36 Å². The fourth-order valence-corrected chi connectivity index (χ4v) is 3.18. The summed E-state index contributed by atoms with van der Waals surface area (Å²) in [6, 6.07) is 1.10. The zero-order valence-corrected chi connectivity index (χ0v) is 15.8. The van der Waals surface area contributed by atoms with Gasteiger partial charge in [-0.15, -0.1) is 0 Å². The van der Waals surface area contributed by atoms with Crippen molar-refractivity contribution in [3.05, 3.63) is 22.7 Å². The summed E-state index contributed by atoms with van der Waals surface area (Å²) in [4.78, 5) is 35.9. The van der Waals surface area contributed by atoms with Gasteiger partial charge >= 0.3 is 19.4 Å². The van der Waals surface area contributed by atoms with Crippen molar-refractivity contribution in [2.45, 2.75) is 44.6 Å². The van der Waals surface area contributed by atoms with Crippen LogP contribution in [-0.2, 0) is 23.1 Å². The molecule has 158 valence electrons. The number of anilines is 1. The van der Waals surface area contributed by atoms with E-state index in [1.54, 1.807) is 6.92 Å². The van der Waals surface area contributed by atoms with Gasteiger partial charge in [-0.2, -0.15) is 13.8 Å². The van der Waals surface area contributed by atoms with Gasteiger partial charge < -0.3 is 20.1 Å². The zero-order valence-electron chi connectivity index (χ0n) is 14.9. The Balaban J connectivity index is 2.15. The molecule has 0 spiro atoms. The molecule has 0 aliphatic carbocycles. The summed E-state index contributed by atoms with van der Waals surface area (Å²) in [7, 11) is -4.51. The number of rotatable bonds is 8. The fourth-order valence-electron chi connectivity index (χ4n) is 2.36. The van der Waals surface area contributed by atoms with Crippen molar-refractivity contribution in [1.82, 2.24) is 9.55 Å². The molecule has 1 aliphatic heterocycles. The molecule has 0 saturated carbocycles. The number of carbonyl (C=O) groups is 1. The first-order chi connectivity index (χ1) is 13.0. The second-order valence-corrected chi connectivity index (χ2v) is 7.38. The van der Waals surface area contributed by atoms with E-state index >= 15 is 0 Å². The first-order valence-electron chi connectivity index (χ1n) is 8.18. The molecular formula is C14H20F2N3O8P. The summed E-state index contributed by atoms with van der Waals surface area (Å²) in [5.74, 6) is -4.60. The summed E-state index contributed by atoms with van der Waals surface area (Å²) in [6.07, 6.45) is -5.05. The second-order valence-electron chi connectivity index (χ2n) is 5.93. The number of hydrogen-bond donors (Lipinski definition) is 3. The predicted molar refractivity (Wildman–Crippen MR) is 89.7 cm³/mol. The van der Waals surface area contributed by atoms with Gasteiger partial charge in [-0.05, 0) is 12.5 Å². The molecule has 0 aromatic carbocycles. The molecule has 1 aliphatic rings. The fraction of sp³-hybridized carbons (Fsp3) is 0.643. The number of amides is 1. The summed E-state index contributed by atoms with van der Waals surface area (Å²) < 4.78 is 55.0. The molecule has 0 radical (unpaired) electrons. The lowest BCUT2D eigenvalue weighted by Gasteiger charge is -2.21. The van der Waals surface area contributed by atoms with E-state index in [0.29, 0.717) is 11.0 Å². The lowest BCUT2D eigenvalue weighted by molar-refractivity contribution is -0.140. The Kier molecular flexibility index (Phi) is 7.02. The third kappa shape index (κ3) is 5.19. The van der Waals surface area contributed by atoms with E-state index in [2.05, 4.69) is 19.3 Å². The highest BCUT2D eigenvalue weighted by atomic mass is 31.2. The van der Waals surface area contributed by atoms with Crippen molar-refractivity contribution in [2.75, 3.05) is 18.5 Å². The lowest BCUT2D eigenvalue weighted by atomic mass is 10.1.